The van der Waals surface area contributed by atoms with Gasteiger partial charge in [-0.1, -0.05) is 11.6 Å². The highest BCUT2D eigenvalue weighted by Gasteiger charge is 2.33. The molecule has 2 heterocycles. The molecule has 1 aromatic carbocycles. The smallest absolute Gasteiger partial charge is 0.361 e. The third-order valence-electron chi connectivity index (χ3n) is 4.35. The summed E-state index contributed by atoms with van der Waals surface area (Å²) in [7, 11) is 3.54. The molecule has 156 valence electrons. The van der Waals surface area contributed by atoms with Gasteiger partial charge in [0.1, 0.15) is 5.69 Å². The van der Waals surface area contributed by atoms with Crippen molar-refractivity contribution in [2.45, 2.75) is 19.0 Å². The molecule has 1 aliphatic rings. The summed E-state index contributed by atoms with van der Waals surface area (Å²) in [6.45, 7) is 1.75. The highest BCUT2D eigenvalue weighted by atomic mass is 35.5. The number of urea groups is 1. The van der Waals surface area contributed by atoms with Crippen molar-refractivity contribution in [2.24, 2.45) is 0 Å². The third kappa shape index (κ3) is 5.00. The van der Waals surface area contributed by atoms with Crippen LogP contribution in [-0.4, -0.2) is 43.2 Å². The van der Waals surface area contributed by atoms with Crippen LogP contribution in [-0.2, 0) is 6.18 Å². The molecule has 1 saturated heterocycles. The highest BCUT2D eigenvalue weighted by molar-refractivity contribution is 6.31. The van der Waals surface area contributed by atoms with Gasteiger partial charge in [-0.2, -0.15) is 18.2 Å². The zero-order valence-electron chi connectivity index (χ0n) is 15.8. The molecule has 0 bridgehead atoms. The Balaban J connectivity index is 1.77. The molecular weight excluding hydrogens is 409 g/mol. The van der Waals surface area contributed by atoms with Crippen molar-refractivity contribution in [3.63, 3.8) is 0 Å². The van der Waals surface area contributed by atoms with Gasteiger partial charge >= 0.3 is 12.2 Å². The van der Waals surface area contributed by atoms with Crippen LogP contribution in [0.4, 0.5) is 41.1 Å². The van der Waals surface area contributed by atoms with Gasteiger partial charge in [0.25, 0.3) is 0 Å². The van der Waals surface area contributed by atoms with Crippen LogP contribution in [0.2, 0.25) is 5.02 Å². The van der Waals surface area contributed by atoms with Crippen molar-refractivity contribution in [1.82, 2.24) is 9.97 Å². The van der Waals surface area contributed by atoms with Crippen molar-refractivity contribution >= 4 is 40.8 Å². The number of alkyl halides is 3. The molecule has 0 radical (unpaired) electrons. The van der Waals surface area contributed by atoms with Crippen LogP contribution < -0.4 is 20.4 Å². The lowest BCUT2D eigenvalue weighted by molar-refractivity contribution is -0.137. The number of hydrogen-bond donors (Lipinski definition) is 2. The summed E-state index contributed by atoms with van der Waals surface area (Å²) in [5.74, 6) is 1.06. The van der Waals surface area contributed by atoms with E-state index in [4.69, 9.17) is 11.6 Å². The Morgan fingerprint density at radius 1 is 1.21 bits per heavy atom. The first-order valence-electron chi connectivity index (χ1n) is 8.89. The normalized spacial score (nSPS) is 14.1. The van der Waals surface area contributed by atoms with Crippen molar-refractivity contribution in [3.05, 3.63) is 35.0 Å². The number of halogens is 4. The molecule has 1 aromatic heterocycles. The number of anilines is 4. The first-order chi connectivity index (χ1) is 13.6. The maximum atomic E-state index is 13.0. The molecule has 0 unspecified atom stereocenters. The van der Waals surface area contributed by atoms with Crippen molar-refractivity contribution in [3.8, 4) is 0 Å². The van der Waals surface area contributed by atoms with Gasteiger partial charge in [-0.15, -0.1) is 0 Å². The molecule has 2 amide bonds. The van der Waals surface area contributed by atoms with E-state index < -0.39 is 22.8 Å². The summed E-state index contributed by atoms with van der Waals surface area (Å²) < 4.78 is 38.9. The number of carbonyl (C=O) groups is 1. The molecule has 0 atom stereocenters. The van der Waals surface area contributed by atoms with Crippen molar-refractivity contribution in [2.75, 3.05) is 47.6 Å². The lowest BCUT2D eigenvalue weighted by atomic mass is 10.2. The average Bonchev–Trinajstić information content (AvgIpc) is 3.17. The zero-order chi connectivity index (χ0) is 21.2. The number of nitrogens with one attached hydrogen (secondary N) is 2. The molecule has 11 heteroatoms. The van der Waals surface area contributed by atoms with E-state index in [9.17, 15) is 18.0 Å². The van der Waals surface area contributed by atoms with Crippen LogP contribution in [0.3, 0.4) is 0 Å². The van der Waals surface area contributed by atoms with Crippen LogP contribution >= 0.6 is 11.6 Å². The number of carbonyl (C=O) groups excluding carboxylic acids is 1. The monoisotopic (exact) mass is 428 g/mol. The van der Waals surface area contributed by atoms with E-state index in [0.717, 1.165) is 38.1 Å². The second kappa shape index (κ2) is 8.32. The SMILES string of the molecule is CN(C)c1nc(N2CCCC2)ncc1NC(=O)Nc1ccc(Cl)c(C(F)(F)F)c1. The van der Waals surface area contributed by atoms with E-state index in [1.807, 2.05) is 0 Å². The first-order valence-corrected chi connectivity index (χ1v) is 9.27. The predicted molar refractivity (Wildman–Crippen MR) is 107 cm³/mol. The average molecular weight is 429 g/mol. The van der Waals surface area contributed by atoms with Crippen LogP contribution in [0.25, 0.3) is 0 Å². The summed E-state index contributed by atoms with van der Waals surface area (Å²) >= 11 is 5.60. The fourth-order valence-corrected chi connectivity index (χ4v) is 3.19. The number of benzene rings is 1. The highest BCUT2D eigenvalue weighted by Crippen LogP contribution is 2.36. The van der Waals surface area contributed by atoms with Gasteiger partial charge in [0.15, 0.2) is 5.82 Å². The zero-order valence-corrected chi connectivity index (χ0v) is 16.6. The Labute approximate surface area is 170 Å². The molecule has 1 aliphatic heterocycles. The Kier molecular flexibility index (Phi) is 6.02. The second-order valence-corrected chi connectivity index (χ2v) is 7.17. The van der Waals surface area contributed by atoms with Gasteiger partial charge < -0.3 is 20.4 Å². The minimum atomic E-state index is -4.62. The van der Waals surface area contributed by atoms with Crippen LogP contribution in [0.1, 0.15) is 18.4 Å². The van der Waals surface area contributed by atoms with Gasteiger partial charge in [0.2, 0.25) is 5.95 Å². The molecule has 1 fully saturated rings. The number of hydrogen-bond acceptors (Lipinski definition) is 5. The summed E-state index contributed by atoms with van der Waals surface area (Å²) in [6.07, 6.45) is -0.991. The van der Waals surface area contributed by atoms with Crippen LogP contribution in [0.15, 0.2) is 24.4 Å². The fraction of sp³-hybridized carbons (Fsp3) is 0.389. The fourth-order valence-electron chi connectivity index (χ4n) is 2.97. The van der Waals surface area contributed by atoms with Gasteiger partial charge in [0, 0.05) is 32.9 Å². The van der Waals surface area contributed by atoms with Crippen LogP contribution in [0.5, 0.6) is 0 Å². The molecule has 2 aromatic rings. The maximum absolute atomic E-state index is 13.0. The number of amides is 2. The Bertz CT molecular complexity index is 900. The Morgan fingerprint density at radius 2 is 1.90 bits per heavy atom. The quantitative estimate of drug-likeness (QED) is 0.752. The number of aromatic nitrogens is 2. The topological polar surface area (TPSA) is 73.4 Å². The van der Waals surface area contributed by atoms with E-state index in [1.165, 1.54) is 12.3 Å². The Morgan fingerprint density at radius 3 is 2.52 bits per heavy atom. The lowest BCUT2D eigenvalue weighted by Crippen LogP contribution is -2.25. The lowest BCUT2D eigenvalue weighted by Gasteiger charge is -2.21. The largest absolute Gasteiger partial charge is 0.417 e. The van der Waals surface area contributed by atoms with Crippen LogP contribution in [0, 0.1) is 0 Å². The molecule has 2 N–H and O–H groups in total. The number of rotatable bonds is 4. The van der Waals surface area contributed by atoms with E-state index in [-0.39, 0.29) is 5.69 Å². The summed E-state index contributed by atoms with van der Waals surface area (Å²) in [4.78, 5) is 24.9. The number of nitrogens with zero attached hydrogens (tertiary/aromatic N) is 4. The third-order valence-corrected chi connectivity index (χ3v) is 4.68. The minimum Gasteiger partial charge on any atom is -0.361 e. The van der Waals surface area contributed by atoms with Gasteiger partial charge in [0.05, 0.1) is 16.8 Å². The Hall–Kier alpha value is -2.75. The molecule has 0 spiro atoms. The van der Waals surface area contributed by atoms with Gasteiger partial charge in [-0.3, -0.25) is 0 Å². The van der Waals surface area contributed by atoms with E-state index >= 15 is 0 Å². The van der Waals surface area contributed by atoms with Gasteiger partial charge in [-0.25, -0.2) is 9.78 Å². The van der Waals surface area contributed by atoms with E-state index in [0.29, 0.717) is 17.5 Å². The minimum absolute atomic E-state index is 0.0415. The first kappa shape index (κ1) is 21.0. The summed E-state index contributed by atoms with van der Waals surface area (Å²) in [5, 5.41) is 4.51. The van der Waals surface area contributed by atoms with E-state index in [1.54, 1.807) is 19.0 Å². The van der Waals surface area contributed by atoms with Crippen molar-refractivity contribution < 1.29 is 18.0 Å². The second-order valence-electron chi connectivity index (χ2n) is 6.77. The molecule has 7 nitrogen and oxygen atoms in total. The van der Waals surface area contributed by atoms with Gasteiger partial charge in [-0.05, 0) is 31.0 Å². The van der Waals surface area contributed by atoms with E-state index in [2.05, 4.69) is 25.5 Å². The van der Waals surface area contributed by atoms with Crippen molar-refractivity contribution in [1.29, 1.82) is 0 Å². The summed E-state index contributed by atoms with van der Waals surface area (Å²) in [6, 6.07) is 2.43. The predicted octanol–water partition coefficient (Wildman–Crippen LogP) is 4.46. The maximum Gasteiger partial charge on any atom is 0.417 e. The molecular formula is C18H20ClF3N6O. The molecule has 0 aliphatic carbocycles. The standard InChI is InChI=1S/C18H20ClF3N6O/c1-27(2)15-14(10-23-16(26-15)28-7-3-4-8-28)25-17(29)24-11-5-6-13(19)12(9-11)18(20,21)22/h5-6,9-10H,3-4,7-8H2,1-2H3,(H2,24,25,29). The summed E-state index contributed by atoms with van der Waals surface area (Å²) in [5.41, 5.74) is -0.732. The molecule has 0 saturated carbocycles. The molecule has 3 rings (SSSR count). The molecule has 29 heavy (non-hydrogen) atoms.